The zero-order valence-corrected chi connectivity index (χ0v) is 9.44. The predicted octanol–water partition coefficient (Wildman–Crippen LogP) is 2.43. The largest absolute Gasteiger partial charge is 0.492 e. The Bertz CT molecular complexity index is 352. The maximum absolute atomic E-state index is 12.9. The lowest BCUT2D eigenvalue weighted by Gasteiger charge is -2.11. The van der Waals surface area contributed by atoms with Crippen LogP contribution < -0.4 is 10.5 Å². The molecule has 4 heteroatoms. The standard InChI is InChI=1S/C11H14FNO.ClH/c1-8-6-9(2-3-10(8)12)14-7-11(13)4-5-11;/h2-3,6H,4-5,7,13H2,1H3;1H. The van der Waals surface area contributed by atoms with Gasteiger partial charge in [-0.1, -0.05) is 0 Å². The van der Waals surface area contributed by atoms with Crippen LogP contribution in [0.2, 0.25) is 0 Å². The van der Waals surface area contributed by atoms with Crippen LogP contribution in [0.25, 0.3) is 0 Å². The number of nitrogens with two attached hydrogens (primary N) is 1. The van der Waals surface area contributed by atoms with Crippen LogP contribution in [-0.4, -0.2) is 12.1 Å². The molecule has 1 saturated carbocycles. The van der Waals surface area contributed by atoms with E-state index >= 15 is 0 Å². The van der Waals surface area contributed by atoms with Gasteiger partial charge in [0.05, 0.1) is 5.54 Å². The highest BCUT2D eigenvalue weighted by molar-refractivity contribution is 5.85. The van der Waals surface area contributed by atoms with Crippen molar-refractivity contribution in [3.05, 3.63) is 29.6 Å². The molecular weight excluding hydrogens is 217 g/mol. The van der Waals surface area contributed by atoms with Crippen molar-refractivity contribution < 1.29 is 9.13 Å². The first kappa shape index (κ1) is 12.3. The smallest absolute Gasteiger partial charge is 0.126 e. The highest BCUT2D eigenvalue weighted by Gasteiger charge is 2.39. The van der Waals surface area contributed by atoms with Crippen LogP contribution in [0, 0.1) is 12.7 Å². The summed E-state index contributed by atoms with van der Waals surface area (Å²) in [5, 5.41) is 0. The van der Waals surface area contributed by atoms with Gasteiger partial charge < -0.3 is 10.5 Å². The molecule has 1 aliphatic carbocycles. The predicted molar refractivity (Wildman–Crippen MR) is 60.0 cm³/mol. The van der Waals surface area contributed by atoms with Crippen LogP contribution in [0.5, 0.6) is 5.75 Å². The van der Waals surface area contributed by atoms with Gasteiger partial charge in [-0.15, -0.1) is 12.4 Å². The van der Waals surface area contributed by atoms with E-state index in [1.807, 2.05) is 0 Å². The summed E-state index contributed by atoms with van der Waals surface area (Å²) >= 11 is 0. The van der Waals surface area contributed by atoms with E-state index in [-0.39, 0.29) is 23.8 Å². The molecule has 1 fully saturated rings. The molecule has 1 aromatic rings. The maximum atomic E-state index is 12.9. The van der Waals surface area contributed by atoms with Gasteiger partial charge in [0.2, 0.25) is 0 Å². The monoisotopic (exact) mass is 231 g/mol. The van der Waals surface area contributed by atoms with Crippen molar-refractivity contribution in [2.75, 3.05) is 6.61 Å². The van der Waals surface area contributed by atoms with Gasteiger partial charge in [0.1, 0.15) is 18.2 Å². The highest BCUT2D eigenvalue weighted by atomic mass is 35.5. The molecule has 1 aliphatic rings. The first-order valence-electron chi connectivity index (χ1n) is 4.77. The third kappa shape index (κ3) is 3.08. The van der Waals surface area contributed by atoms with Crippen LogP contribution in [0.1, 0.15) is 18.4 Å². The molecule has 2 N–H and O–H groups in total. The summed E-state index contributed by atoms with van der Waals surface area (Å²) in [5.41, 5.74) is 6.34. The Morgan fingerprint density at radius 2 is 2.13 bits per heavy atom. The minimum atomic E-state index is -0.203. The SMILES string of the molecule is Cc1cc(OCC2(N)CC2)ccc1F.Cl. The fourth-order valence-corrected chi connectivity index (χ4v) is 1.24. The van der Waals surface area contributed by atoms with E-state index in [2.05, 4.69) is 0 Å². The Morgan fingerprint density at radius 3 is 2.67 bits per heavy atom. The molecule has 0 atom stereocenters. The van der Waals surface area contributed by atoms with E-state index in [1.54, 1.807) is 19.1 Å². The average Bonchev–Trinajstić information content (AvgIpc) is 2.87. The molecule has 0 saturated heterocycles. The molecular formula is C11H15ClFNO. The van der Waals surface area contributed by atoms with Crippen LogP contribution in [0.15, 0.2) is 18.2 Å². The molecule has 1 aromatic carbocycles. The molecule has 84 valence electrons. The zero-order chi connectivity index (χ0) is 10.2. The Labute approximate surface area is 95.0 Å². The van der Waals surface area contributed by atoms with Crippen molar-refractivity contribution >= 4 is 12.4 Å². The van der Waals surface area contributed by atoms with E-state index in [1.165, 1.54) is 6.07 Å². The minimum Gasteiger partial charge on any atom is -0.492 e. The summed E-state index contributed by atoms with van der Waals surface area (Å²) in [6.07, 6.45) is 2.04. The van der Waals surface area contributed by atoms with E-state index < -0.39 is 0 Å². The molecule has 0 amide bonds. The molecule has 0 aliphatic heterocycles. The summed E-state index contributed by atoms with van der Waals surface area (Å²) in [5.74, 6) is 0.492. The van der Waals surface area contributed by atoms with Crippen molar-refractivity contribution in [2.45, 2.75) is 25.3 Å². The number of rotatable bonds is 3. The molecule has 15 heavy (non-hydrogen) atoms. The van der Waals surface area contributed by atoms with Crippen molar-refractivity contribution in [3.8, 4) is 5.75 Å². The Morgan fingerprint density at radius 1 is 1.47 bits per heavy atom. The second-order valence-electron chi connectivity index (χ2n) is 4.06. The third-order valence-corrected chi connectivity index (χ3v) is 2.55. The lowest BCUT2D eigenvalue weighted by molar-refractivity contribution is 0.279. The van der Waals surface area contributed by atoms with Gasteiger partial charge in [0.25, 0.3) is 0 Å². The summed E-state index contributed by atoms with van der Waals surface area (Å²) in [6, 6.07) is 4.75. The fourth-order valence-electron chi connectivity index (χ4n) is 1.24. The lowest BCUT2D eigenvalue weighted by atomic mass is 10.2. The second-order valence-corrected chi connectivity index (χ2v) is 4.06. The van der Waals surface area contributed by atoms with Gasteiger partial charge in [-0.25, -0.2) is 4.39 Å². The number of benzene rings is 1. The Hall–Kier alpha value is -0.800. The zero-order valence-electron chi connectivity index (χ0n) is 8.63. The van der Waals surface area contributed by atoms with E-state index in [0.29, 0.717) is 17.9 Å². The second kappa shape index (κ2) is 4.37. The first-order chi connectivity index (χ1) is 6.59. The molecule has 0 spiro atoms. The lowest BCUT2D eigenvalue weighted by Crippen LogP contribution is -2.29. The summed E-state index contributed by atoms with van der Waals surface area (Å²) in [7, 11) is 0. The van der Waals surface area contributed by atoms with Gasteiger partial charge in [0, 0.05) is 0 Å². The van der Waals surface area contributed by atoms with Gasteiger partial charge in [-0.2, -0.15) is 0 Å². The van der Waals surface area contributed by atoms with Gasteiger partial charge in [0.15, 0.2) is 0 Å². The number of aryl methyl sites for hydroxylation is 1. The Kier molecular flexibility index (Phi) is 3.58. The van der Waals surface area contributed by atoms with Crippen molar-refractivity contribution in [3.63, 3.8) is 0 Å². The first-order valence-corrected chi connectivity index (χ1v) is 4.77. The summed E-state index contributed by atoms with van der Waals surface area (Å²) in [6.45, 7) is 2.25. The number of ether oxygens (including phenoxy) is 1. The molecule has 2 nitrogen and oxygen atoms in total. The van der Waals surface area contributed by atoms with Crippen LogP contribution in [0.3, 0.4) is 0 Å². The molecule has 0 aromatic heterocycles. The fraction of sp³-hybridized carbons (Fsp3) is 0.455. The van der Waals surface area contributed by atoms with Crippen LogP contribution in [0.4, 0.5) is 4.39 Å². The molecule has 0 unspecified atom stereocenters. The van der Waals surface area contributed by atoms with Crippen LogP contribution in [-0.2, 0) is 0 Å². The number of halogens is 2. The van der Waals surface area contributed by atoms with Crippen LogP contribution >= 0.6 is 12.4 Å². The summed E-state index contributed by atoms with van der Waals surface area (Å²) in [4.78, 5) is 0. The van der Waals surface area contributed by atoms with E-state index in [4.69, 9.17) is 10.5 Å². The number of hydrogen-bond acceptors (Lipinski definition) is 2. The quantitative estimate of drug-likeness (QED) is 0.867. The van der Waals surface area contributed by atoms with Gasteiger partial charge >= 0.3 is 0 Å². The van der Waals surface area contributed by atoms with E-state index in [0.717, 1.165) is 12.8 Å². The van der Waals surface area contributed by atoms with Crippen molar-refractivity contribution in [2.24, 2.45) is 5.73 Å². The number of hydrogen-bond donors (Lipinski definition) is 1. The topological polar surface area (TPSA) is 35.2 Å². The molecule has 0 bridgehead atoms. The molecule has 2 rings (SSSR count). The normalized spacial score (nSPS) is 16.7. The third-order valence-electron chi connectivity index (χ3n) is 2.55. The van der Waals surface area contributed by atoms with Gasteiger partial charge in [-0.3, -0.25) is 0 Å². The van der Waals surface area contributed by atoms with Crippen molar-refractivity contribution in [1.29, 1.82) is 0 Å². The highest BCUT2D eigenvalue weighted by Crippen LogP contribution is 2.32. The summed E-state index contributed by atoms with van der Waals surface area (Å²) < 4.78 is 18.4. The Balaban J connectivity index is 0.00000112. The maximum Gasteiger partial charge on any atom is 0.126 e. The average molecular weight is 232 g/mol. The molecule has 0 radical (unpaired) electrons. The van der Waals surface area contributed by atoms with Gasteiger partial charge in [-0.05, 0) is 43.5 Å². The van der Waals surface area contributed by atoms with E-state index in [9.17, 15) is 4.39 Å². The van der Waals surface area contributed by atoms with Crippen molar-refractivity contribution in [1.82, 2.24) is 0 Å². The minimum absolute atomic E-state index is 0. The molecule has 0 heterocycles.